The van der Waals surface area contributed by atoms with E-state index in [1.54, 1.807) is 17.0 Å². The summed E-state index contributed by atoms with van der Waals surface area (Å²) in [6.45, 7) is 3.99. The van der Waals surface area contributed by atoms with E-state index >= 15 is 0 Å². The van der Waals surface area contributed by atoms with Gasteiger partial charge in [-0.25, -0.2) is 4.39 Å². The standard InChI is InChI=1S/C29H46FN3O8/c30-23-15-22(40-12-1-2-20-5-8-31-9-6-20)4-3-21(23)14-26(37)33-10-7-29(19-33)18-32(11-13-41-29)16-24(35)27(38)28(39)25(36)17-34/h3-4,15,20,24-25,27-28,31,34-36,38-39H,1-2,5-14,16-19H2/t24-,25+,27+,28?,29?/m0/s1. The highest BCUT2D eigenvalue weighted by atomic mass is 19.1. The topological polar surface area (TPSA) is 155 Å². The van der Waals surface area contributed by atoms with Crippen LogP contribution in [0, 0.1) is 11.7 Å². The lowest BCUT2D eigenvalue weighted by Gasteiger charge is -2.41. The summed E-state index contributed by atoms with van der Waals surface area (Å²) < 4.78 is 26.6. The van der Waals surface area contributed by atoms with Gasteiger partial charge in [-0.2, -0.15) is 0 Å². The van der Waals surface area contributed by atoms with E-state index in [0.717, 1.165) is 31.8 Å². The number of amides is 1. The molecular formula is C29H46FN3O8. The number of rotatable bonds is 13. The van der Waals surface area contributed by atoms with Crippen LogP contribution in [0.3, 0.4) is 0 Å². The predicted molar refractivity (Wildman–Crippen MR) is 148 cm³/mol. The molecule has 5 atom stereocenters. The molecule has 41 heavy (non-hydrogen) atoms. The minimum absolute atomic E-state index is 0.0210. The highest BCUT2D eigenvalue weighted by Crippen LogP contribution is 2.30. The first-order valence-electron chi connectivity index (χ1n) is 14.8. The average molecular weight is 584 g/mol. The lowest BCUT2D eigenvalue weighted by molar-refractivity contribution is -0.142. The molecular weight excluding hydrogens is 537 g/mol. The second kappa shape index (κ2) is 15.0. The van der Waals surface area contributed by atoms with Gasteiger partial charge in [0.25, 0.3) is 0 Å². The molecule has 1 aromatic rings. The number of ether oxygens (including phenoxy) is 2. The van der Waals surface area contributed by atoms with E-state index in [9.17, 15) is 29.6 Å². The number of hydrogen-bond acceptors (Lipinski definition) is 10. The molecule has 11 nitrogen and oxygen atoms in total. The van der Waals surface area contributed by atoms with Gasteiger partial charge in [0.05, 0.1) is 38.9 Å². The molecule has 0 radical (unpaired) electrons. The molecule has 6 N–H and O–H groups in total. The van der Waals surface area contributed by atoms with Crippen LogP contribution >= 0.6 is 0 Å². The first-order valence-corrected chi connectivity index (χ1v) is 14.8. The Bertz CT molecular complexity index is 983. The fourth-order valence-electron chi connectivity index (χ4n) is 6.09. The molecule has 3 fully saturated rings. The SMILES string of the molecule is O=C(Cc1ccc(OCCCC2CCNCC2)cc1F)N1CCC2(CN(C[C@H](O)[C@@H](O)C(O)[C@H](O)CO)CCO2)C1. The Labute approximate surface area is 240 Å². The number of carbonyl (C=O) groups excluding carboxylic acids is 1. The molecule has 0 bridgehead atoms. The van der Waals surface area contributed by atoms with Gasteiger partial charge in [-0.1, -0.05) is 6.07 Å². The second-order valence-electron chi connectivity index (χ2n) is 11.7. The summed E-state index contributed by atoms with van der Waals surface area (Å²) in [7, 11) is 0. The van der Waals surface area contributed by atoms with E-state index in [-0.39, 0.29) is 18.9 Å². The predicted octanol–water partition coefficient (Wildman–Crippen LogP) is -0.734. The lowest BCUT2D eigenvalue weighted by atomic mass is 9.93. The third kappa shape index (κ3) is 8.80. The van der Waals surface area contributed by atoms with Crippen molar-refractivity contribution in [2.45, 2.75) is 68.5 Å². The van der Waals surface area contributed by atoms with Crippen molar-refractivity contribution in [3.05, 3.63) is 29.6 Å². The molecule has 0 aromatic heterocycles. The van der Waals surface area contributed by atoms with E-state index in [0.29, 0.717) is 57.1 Å². The van der Waals surface area contributed by atoms with Crippen LogP contribution < -0.4 is 10.1 Å². The Morgan fingerprint density at radius 1 is 1.12 bits per heavy atom. The number of benzene rings is 1. The summed E-state index contributed by atoms with van der Waals surface area (Å²) in [4.78, 5) is 16.6. The molecule has 1 aromatic carbocycles. The van der Waals surface area contributed by atoms with Gasteiger partial charge in [0.2, 0.25) is 5.91 Å². The molecule has 3 heterocycles. The Morgan fingerprint density at radius 2 is 1.88 bits per heavy atom. The van der Waals surface area contributed by atoms with Gasteiger partial charge in [0.1, 0.15) is 35.5 Å². The smallest absolute Gasteiger partial charge is 0.227 e. The number of nitrogens with one attached hydrogen (secondary N) is 1. The molecule has 4 rings (SSSR count). The van der Waals surface area contributed by atoms with Crippen molar-refractivity contribution in [1.82, 2.24) is 15.1 Å². The molecule has 12 heteroatoms. The Morgan fingerprint density at radius 3 is 2.61 bits per heavy atom. The zero-order valence-corrected chi connectivity index (χ0v) is 23.7. The van der Waals surface area contributed by atoms with Crippen molar-refractivity contribution in [1.29, 1.82) is 0 Å². The van der Waals surface area contributed by atoms with Gasteiger partial charge in [-0.3, -0.25) is 9.69 Å². The molecule has 232 valence electrons. The van der Waals surface area contributed by atoms with Crippen LogP contribution in [-0.2, 0) is 16.0 Å². The third-order valence-electron chi connectivity index (χ3n) is 8.62. The van der Waals surface area contributed by atoms with Crippen LogP contribution in [0.15, 0.2) is 18.2 Å². The molecule has 2 unspecified atom stereocenters. The zero-order valence-electron chi connectivity index (χ0n) is 23.7. The van der Waals surface area contributed by atoms with Crippen LogP contribution in [0.4, 0.5) is 4.39 Å². The molecule has 1 amide bonds. The van der Waals surface area contributed by atoms with Crippen LogP contribution in [0.1, 0.15) is 37.7 Å². The molecule has 1 spiro atoms. The third-order valence-corrected chi connectivity index (χ3v) is 8.62. The summed E-state index contributed by atoms with van der Waals surface area (Å²) in [5, 5.41) is 52.3. The van der Waals surface area contributed by atoms with Crippen molar-refractivity contribution in [2.24, 2.45) is 5.92 Å². The summed E-state index contributed by atoms with van der Waals surface area (Å²) >= 11 is 0. The van der Waals surface area contributed by atoms with E-state index in [1.165, 1.54) is 18.9 Å². The summed E-state index contributed by atoms with van der Waals surface area (Å²) in [5.74, 6) is 0.520. The maximum absolute atomic E-state index is 14.8. The maximum Gasteiger partial charge on any atom is 0.227 e. The Hall–Kier alpha value is -1.90. The van der Waals surface area contributed by atoms with Crippen LogP contribution in [0.5, 0.6) is 5.75 Å². The fourth-order valence-corrected chi connectivity index (χ4v) is 6.09. The molecule has 3 saturated heterocycles. The van der Waals surface area contributed by atoms with Gasteiger partial charge >= 0.3 is 0 Å². The number of likely N-dealkylation sites (tertiary alicyclic amines) is 1. The van der Waals surface area contributed by atoms with Crippen molar-refractivity contribution in [3.8, 4) is 5.75 Å². The quantitative estimate of drug-likeness (QED) is 0.164. The average Bonchev–Trinajstić information content (AvgIpc) is 3.38. The van der Waals surface area contributed by atoms with Crippen molar-refractivity contribution in [2.75, 3.05) is 65.6 Å². The Kier molecular flexibility index (Phi) is 11.7. The molecule has 0 saturated carbocycles. The number of morpholine rings is 1. The van der Waals surface area contributed by atoms with E-state index < -0.39 is 42.4 Å². The summed E-state index contributed by atoms with van der Waals surface area (Å²) in [6, 6.07) is 4.66. The number of hydrogen-bond donors (Lipinski definition) is 6. The number of aliphatic hydroxyl groups excluding tert-OH is 5. The first-order chi connectivity index (χ1) is 19.7. The van der Waals surface area contributed by atoms with Crippen LogP contribution in [0.25, 0.3) is 0 Å². The van der Waals surface area contributed by atoms with Gasteiger partial charge in [0.15, 0.2) is 0 Å². The monoisotopic (exact) mass is 583 g/mol. The van der Waals surface area contributed by atoms with Gasteiger partial charge in [0, 0.05) is 32.2 Å². The fraction of sp³-hybridized carbons (Fsp3) is 0.759. The lowest BCUT2D eigenvalue weighted by Crippen LogP contribution is -2.57. The zero-order chi connectivity index (χ0) is 29.4. The van der Waals surface area contributed by atoms with Gasteiger partial charge in [-0.05, 0) is 62.7 Å². The normalized spacial score (nSPS) is 25.3. The van der Waals surface area contributed by atoms with Crippen LogP contribution in [-0.4, -0.2) is 137 Å². The largest absolute Gasteiger partial charge is 0.493 e. The first kappa shape index (κ1) is 32.0. The number of β-amino-alcohol motifs (C(OH)–C–C–N with tert-alkyl or cyclic N) is 1. The number of aliphatic hydroxyl groups is 5. The van der Waals surface area contributed by atoms with Crippen molar-refractivity contribution < 1.29 is 44.2 Å². The van der Waals surface area contributed by atoms with Gasteiger partial charge < -0.3 is 45.2 Å². The number of nitrogens with zero attached hydrogens (tertiary/aromatic N) is 2. The molecule has 0 aliphatic carbocycles. The minimum Gasteiger partial charge on any atom is -0.493 e. The number of piperidine rings is 1. The van der Waals surface area contributed by atoms with Gasteiger partial charge in [-0.15, -0.1) is 0 Å². The highest BCUT2D eigenvalue weighted by Gasteiger charge is 2.45. The summed E-state index contributed by atoms with van der Waals surface area (Å²) in [5.41, 5.74) is -0.337. The summed E-state index contributed by atoms with van der Waals surface area (Å²) in [6.07, 6.45) is -1.32. The van der Waals surface area contributed by atoms with Crippen LogP contribution in [0.2, 0.25) is 0 Å². The van der Waals surface area contributed by atoms with E-state index in [2.05, 4.69) is 5.32 Å². The highest BCUT2D eigenvalue weighted by molar-refractivity contribution is 5.79. The molecule has 3 aliphatic heterocycles. The van der Waals surface area contributed by atoms with E-state index in [4.69, 9.17) is 14.6 Å². The van der Waals surface area contributed by atoms with Crippen molar-refractivity contribution >= 4 is 5.91 Å². The Balaban J connectivity index is 1.22. The number of carbonyl (C=O) groups is 1. The van der Waals surface area contributed by atoms with Crippen molar-refractivity contribution in [3.63, 3.8) is 0 Å². The minimum atomic E-state index is -1.69. The van der Waals surface area contributed by atoms with E-state index in [1.807, 2.05) is 4.90 Å². The molecule has 3 aliphatic rings. The second-order valence-corrected chi connectivity index (χ2v) is 11.7. The number of halogens is 1. The maximum atomic E-state index is 14.8.